The van der Waals surface area contributed by atoms with Crippen LogP contribution in [0.25, 0.3) is 10.6 Å². The molecule has 0 bridgehead atoms. The first-order valence-corrected chi connectivity index (χ1v) is 11.6. The predicted octanol–water partition coefficient (Wildman–Crippen LogP) is 5.14. The van der Waals surface area contributed by atoms with Crippen LogP contribution in [0.15, 0.2) is 60.0 Å². The molecule has 2 aromatic heterocycles. The molecule has 170 valence electrons. The van der Waals surface area contributed by atoms with Gasteiger partial charge in [-0.15, -0.1) is 11.3 Å². The summed E-state index contributed by atoms with van der Waals surface area (Å²) in [4.78, 5) is 19.9. The van der Waals surface area contributed by atoms with Gasteiger partial charge in [0.2, 0.25) is 0 Å². The topological polar surface area (TPSA) is 73.4 Å². The number of thiazole rings is 1. The SMILES string of the molecule is COc1ccccc1CN(C)C(=O)c1c(N)c(C)n(Cc2csc(-c3ccccc3)n2)c1C. The maximum absolute atomic E-state index is 13.4. The molecule has 0 aliphatic rings. The van der Waals surface area contributed by atoms with Gasteiger partial charge in [-0.05, 0) is 19.9 Å². The predicted molar refractivity (Wildman–Crippen MR) is 134 cm³/mol. The summed E-state index contributed by atoms with van der Waals surface area (Å²) in [5.74, 6) is 0.648. The van der Waals surface area contributed by atoms with Crippen molar-refractivity contribution in [1.29, 1.82) is 0 Å². The molecule has 2 heterocycles. The number of amides is 1. The molecule has 0 atom stereocenters. The molecule has 0 aliphatic heterocycles. The molecule has 4 rings (SSSR count). The fourth-order valence-corrected chi connectivity index (χ4v) is 4.84. The van der Waals surface area contributed by atoms with E-state index < -0.39 is 0 Å². The van der Waals surface area contributed by atoms with E-state index in [1.165, 1.54) is 0 Å². The smallest absolute Gasteiger partial charge is 0.257 e. The number of hydrogen-bond acceptors (Lipinski definition) is 5. The van der Waals surface area contributed by atoms with Gasteiger partial charge >= 0.3 is 0 Å². The highest BCUT2D eigenvalue weighted by Crippen LogP contribution is 2.29. The van der Waals surface area contributed by atoms with E-state index in [1.54, 1.807) is 30.4 Å². The summed E-state index contributed by atoms with van der Waals surface area (Å²) in [7, 11) is 3.42. The van der Waals surface area contributed by atoms with Gasteiger partial charge in [-0.3, -0.25) is 4.79 Å². The standard InChI is InChI=1S/C26H28N4O2S/c1-17-23(26(31)29(3)14-20-12-8-9-13-22(20)32-4)24(27)18(2)30(17)15-21-16-33-25(28-21)19-10-6-5-7-11-19/h5-13,16H,14-15,27H2,1-4H3. The lowest BCUT2D eigenvalue weighted by Crippen LogP contribution is -2.27. The Bertz CT molecular complexity index is 1280. The number of methoxy groups -OCH3 is 1. The molecule has 2 aromatic carbocycles. The molecule has 0 radical (unpaired) electrons. The summed E-state index contributed by atoms with van der Waals surface area (Å²) < 4.78 is 7.50. The Morgan fingerprint density at radius 3 is 2.52 bits per heavy atom. The number of rotatable bonds is 7. The second-order valence-corrected chi connectivity index (χ2v) is 8.89. The zero-order valence-corrected chi connectivity index (χ0v) is 20.1. The molecule has 33 heavy (non-hydrogen) atoms. The first-order chi connectivity index (χ1) is 15.9. The summed E-state index contributed by atoms with van der Waals surface area (Å²) in [6.45, 7) is 4.88. The fourth-order valence-electron chi connectivity index (χ4n) is 4.02. The van der Waals surface area contributed by atoms with Crippen molar-refractivity contribution in [3.63, 3.8) is 0 Å². The van der Waals surface area contributed by atoms with Crippen LogP contribution in [0.4, 0.5) is 5.69 Å². The molecule has 0 fully saturated rings. The molecule has 7 heteroatoms. The van der Waals surface area contributed by atoms with Gasteiger partial charge < -0.3 is 19.9 Å². The third-order valence-electron chi connectivity index (χ3n) is 5.88. The summed E-state index contributed by atoms with van der Waals surface area (Å²) in [5, 5.41) is 3.04. The average Bonchev–Trinajstić information content (AvgIpc) is 3.38. The van der Waals surface area contributed by atoms with E-state index in [0.29, 0.717) is 24.3 Å². The van der Waals surface area contributed by atoms with Crippen LogP contribution < -0.4 is 10.5 Å². The normalized spacial score (nSPS) is 10.9. The third-order valence-corrected chi connectivity index (χ3v) is 6.82. The number of carbonyl (C=O) groups excluding carboxylic acids is 1. The number of nitrogen functional groups attached to an aromatic ring is 1. The molecule has 1 amide bonds. The van der Waals surface area contributed by atoms with Crippen LogP contribution in [0.5, 0.6) is 5.75 Å². The highest BCUT2D eigenvalue weighted by molar-refractivity contribution is 7.13. The minimum absolute atomic E-state index is 0.110. The summed E-state index contributed by atoms with van der Waals surface area (Å²) in [6.07, 6.45) is 0. The van der Waals surface area contributed by atoms with Crippen LogP contribution in [-0.4, -0.2) is 34.5 Å². The highest BCUT2D eigenvalue weighted by atomic mass is 32.1. The van der Waals surface area contributed by atoms with E-state index in [1.807, 2.05) is 56.3 Å². The van der Waals surface area contributed by atoms with Gasteiger partial charge in [-0.1, -0.05) is 48.5 Å². The van der Waals surface area contributed by atoms with Crippen molar-refractivity contribution in [1.82, 2.24) is 14.5 Å². The Morgan fingerprint density at radius 1 is 1.09 bits per heavy atom. The lowest BCUT2D eigenvalue weighted by molar-refractivity contribution is 0.0784. The molecule has 0 saturated carbocycles. The van der Waals surface area contributed by atoms with Crippen molar-refractivity contribution in [2.24, 2.45) is 0 Å². The van der Waals surface area contributed by atoms with Crippen LogP contribution in [0, 0.1) is 13.8 Å². The van der Waals surface area contributed by atoms with E-state index in [0.717, 1.165) is 39.0 Å². The van der Waals surface area contributed by atoms with Gasteiger partial charge in [0, 0.05) is 41.5 Å². The third kappa shape index (κ3) is 4.50. The molecular formula is C26H28N4O2S. The Balaban J connectivity index is 1.58. The Morgan fingerprint density at radius 2 is 1.79 bits per heavy atom. The molecule has 0 saturated heterocycles. The first-order valence-electron chi connectivity index (χ1n) is 10.7. The molecule has 0 unspecified atom stereocenters. The molecule has 4 aromatic rings. The maximum atomic E-state index is 13.4. The van der Waals surface area contributed by atoms with Crippen molar-refractivity contribution < 1.29 is 9.53 Å². The minimum Gasteiger partial charge on any atom is -0.496 e. The van der Waals surface area contributed by atoms with Crippen LogP contribution >= 0.6 is 11.3 Å². The molecule has 6 nitrogen and oxygen atoms in total. The Hall–Kier alpha value is -3.58. The largest absolute Gasteiger partial charge is 0.496 e. The summed E-state index contributed by atoms with van der Waals surface area (Å²) in [6, 6.07) is 17.8. The second kappa shape index (κ2) is 9.50. The lowest BCUT2D eigenvalue weighted by Gasteiger charge is -2.19. The Labute approximate surface area is 198 Å². The van der Waals surface area contributed by atoms with E-state index in [-0.39, 0.29) is 5.91 Å². The molecular weight excluding hydrogens is 432 g/mol. The van der Waals surface area contributed by atoms with Gasteiger partial charge in [0.1, 0.15) is 10.8 Å². The van der Waals surface area contributed by atoms with Crippen LogP contribution in [0.2, 0.25) is 0 Å². The number of ether oxygens (including phenoxy) is 1. The molecule has 2 N–H and O–H groups in total. The highest BCUT2D eigenvalue weighted by Gasteiger charge is 2.25. The lowest BCUT2D eigenvalue weighted by atomic mass is 10.1. The number of hydrogen-bond donors (Lipinski definition) is 1. The number of aromatic nitrogens is 2. The van der Waals surface area contributed by atoms with Crippen molar-refractivity contribution >= 4 is 22.9 Å². The van der Waals surface area contributed by atoms with Crippen molar-refractivity contribution in [3.8, 4) is 16.3 Å². The van der Waals surface area contributed by atoms with Gasteiger partial charge in [-0.2, -0.15) is 0 Å². The summed E-state index contributed by atoms with van der Waals surface area (Å²) in [5.41, 5.74) is 12.2. The van der Waals surface area contributed by atoms with E-state index in [2.05, 4.69) is 22.1 Å². The molecule has 0 spiro atoms. The van der Waals surface area contributed by atoms with Crippen LogP contribution in [0.1, 0.15) is 33.0 Å². The minimum atomic E-state index is -0.110. The summed E-state index contributed by atoms with van der Waals surface area (Å²) >= 11 is 1.62. The number of nitrogens with two attached hydrogens (primary N) is 1. The van der Waals surface area contributed by atoms with Crippen LogP contribution in [0.3, 0.4) is 0 Å². The zero-order chi connectivity index (χ0) is 23.5. The van der Waals surface area contributed by atoms with Gasteiger partial charge in [0.15, 0.2) is 0 Å². The maximum Gasteiger partial charge on any atom is 0.257 e. The monoisotopic (exact) mass is 460 g/mol. The second-order valence-electron chi connectivity index (χ2n) is 8.03. The number of carbonyl (C=O) groups is 1. The van der Waals surface area contributed by atoms with Gasteiger partial charge in [-0.25, -0.2) is 4.98 Å². The van der Waals surface area contributed by atoms with E-state index in [4.69, 9.17) is 15.5 Å². The quantitative estimate of drug-likeness (QED) is 0.414. The average molecular weight is 461 g/mol. The van der Waals surface area contributed by atoms with E-state index in [9.17, 15) is 4.79 Å². The number of benzene rings is 2. The van der Waals surface area contributed by atoms with Gasteiger partial charge in [0.25, 0.3) is 5.91 Å². The molecule has 0 aliphatic carbocycles. The Kier molecular flexibility index (Phi) is 6.51. The number of anilines is 1. The van der Waals surface area contributed by atoms with Crippen molar-refractivity contribution in [2.45, 2.75) is 26.9 Å². The van der Waals surface area contributed by atoms with Crippen molar-refractivity contribution in [3.05, 3.63) is 88.2 Å². The number of para-hydroxylation sites is 1. The fraction of sp³-hybridized carbons (Fsp3) is 0.231. The van der Waals surface area contributed by atoms with E-state index >= 15 is 0 Å². The van der Waals surface area contributed by atoms with Gasteiger partial charge in [0.05, 0.1) is 30.6 Å². The first kappa shape index (κ1) is 22.6. The number of nitrogens with zero attached hydrogens (tertiary/aromatic N) is 3. The van der Waals surface area contributed by atoms with Crippen molar-refractivity contribution in [2.75, 3.05) is 19.9 Å². The zero-order valence-electron chi connectivity index (χ0n) is 19.3. The van der Waals surface area contributed by atoms with Crippen LogP contribution in [-0.2, 0) is 13.1 Å².